The Kier molecular flexibility index (Phi) is 6.48. The number of thioether (sulfide) groups is 1. The van der Waals surface area contributed by atoms with Gasteiger partial charge < -0.3 is 20.1 Å². The van der Waals surface area contributed by atoms with E-state index in [4.69, 9.17) is 9.47 Å². The van der Waals surface area contributed by atoms with E-state index in [1.165, 1.54) is 23.1 Å². The molecule has 2 aromatic carbocycles. The molecule has 0 saturated heterocycles. The molecule has 150 valence electrons. The van der Waals surface area contributed by atoms with Crippen molar-refractivity contribution in [2.45, 2.75) is 10.8 Å². The lowest BCUT2D eigenvalue weighted by atomic mass is 10.1. The first kappa shape index (κ1) is 19.5. The molecule has 1 amide bonds. The molecule has 2 heterocycles. The van der Waals surface area contributed by atoms with Crippen LogP contribution in [0.1, 0.15) is 5.56 Å². The van der Waals surface area contributed by atoms with E-state index >= 15 is 0 Å². The number of nitrogens with one attached hydrogen (secondary N) is 2. The van der Waals surface area contributed by atoms with Crippen LogP contribution in [-0.4, -0.2) is 41.6 Å². The number of hydrogen-bond donors (Lipinski definition) is 2. The molecule has 1 aliphatic rings. The van der Waals surface area contributed by atoms with Crippen molar-refractivity contribution >= 4 is 39.8 Å². The Labute approximate surface area is 176 Å². The summed E-state index contributed by atoms with van der Waals surface area (Å²) in [6.45, 7) is 1.72. The van der Waals surface area contributed by atoms with Gasteiger partial charge in [-0.05, 0) is 36.2 Å². The van der Waals surface area contributed by atoms with Crippen LogP contribution in [0.5, 0.6) is 11.5 Å². The number of carbonyl (C=O) groups is 1. The number of rotatable bonds is 8. The highest BCUT2D eigenvalue weighted by Gasteiger charge is 2.12. The van der Waals surface area contributed by atoms with E-state index in [9.17, 15) is 4.79 Å². The van der Waals surface area contributed by atoms with Crippen LogP contribution in [0.3, 0.4) is 0 Å². The summed E-state index contributed by atoms with van der Waals surface area (Å²) in [5, 5.41) is 15.1. The molecule has 3 aromatic rings. The van der Waals surface area contributed by atoms with Gasteiger partial charge in [0.1, 0.15) is 13.2 Å². The van der Waals surface area contributed by atoms with E-state index in [0.29, 0.717) is 30.6 Å². The number of fused-ring (bicyclic) bond motifs is 1. The zero-order valence-electron chi connectivity index (χ0n) is 15.6. The SMILES string of the molecule is O=C(CSc1nnc(Nc2ccccc2)s1)NCCc1ccc2c(c1)OCCO2. The Balaban J connectivity index is 1.19. The molecule has 29 heavy (non-hydrogen) atoms. The number of amides is 1. The molecule has 2 N–H and O–H groups in total. The molecular weight excluding hydrogens is 408 g/mol. The minimum Gasteiger partial charge on any atom is -0.486 e. The Morgan fingerprint density at radius 1 is 1.07 bits per heavy atom. The Bertz CT molecular complexity index is 965. The van der Waals surface area contributed by atoms with Crippen LogP contribution >= 0.6 is 23.1 Å². The van der Waals surface area contributed by atoms with Gasteiger partial charge in [-0.25, -0.2) is 0 Å². The van der Waals surface area contributed by atoms with Gasteiger partial charge in [-0.15, -0.1) is 10.2 Å². The number of ether oxygens (including phenoxy) is 2. The molecule has 0 aliphatic carbocycles. The molecule has 0 spiro atoms. The summed E-state index contributed by atoms with van der Waals surface area (Å²) in [5.41, 5.74) is 2.06. The van der Waals surface area contributed by atoms with E-state index in [0.717, 1.165) is 33.5 Å². The summed E-state index contributed by atoms with van der Waals surface area (Å²) in [5.74, 6) is 1.83. The van der Waals surface area contributed by atoms with Gasteiger partial charge in [-0.1, -0.05) is 47.4 Å². The smallest absolute Gasteiger partial charge is 0.230 e. The highest BCUT2D eigenvalue weighted by atomic mass is 32.2. The molecule has 0 unspecified atom stereocenters. The van der Waals surface area contributed by atoms with E-state index < -0.39 is 0 Å². The number of benzene rings is 2. The third kappa shape index (κ3) is 5.61. The zero-order valence-corrected chi connectivity index (χ0v) is 17.2. The first-order chi connectivity index (χ1) is 14.3. The maximum atomic E-state index is 12.1. The molecule has 1 aliphatic heterocycles. The predicted molar refractivity (Wildman–Crippen MR) is 115 cm³/mol. The zero-order chi connectivity index (χ0) is 19.9. The van der Waals surface area contributed by atoms with Crippen LogP contribution in [0.15, 0.2) is 52.9 Å². The van der Waals surface area contributed by atoms with Crippen molar-refractivity contribution in [2.24, 2.45) is 0 Å². The third-order valence-corrected chi connectivity index (χ3v) is 6.07. The number of para-hydroxylation sites is 1. The van der Waals surface area contributed by atoms with Crippen molar-refractivity contribution < 1.29 is 14.3 Å². The van der Waals surface area contributed by atoms with Gasteiger partial charge in [0, 0.05) is 12.2 Å². The molecular formula is C20H20N4O3S2. The number of nitrogens with zero attached hydrogens (tertiary/aromatic N) is 2. The summed E-state index contributed by atoms with van der Waals surface area (Å²) >= 11 is 2.81. The standard InChI is InChI=1S/C20H20N4O3S2/c25-18(21-9-8-14-6-7-16-17(12-14)27-11-10-26-16)13-28-20-24-23-19(29-20)22-15-4-2-1-3-5-15/h1-7,12H,8-11,13H2,(H,21,25)(H,22,23). The molecule has 7 nitrogen and oxygen atoms in total. The van der Waals surface area contributed by atoms with Crippen LogP contribution in [-0.2, 0) is 11.2 Å². The summed E-state index contributed by atoms with van der Waals surface area (Å²) in [6.07, 6.45) is 0.733. The topological polar surface area (TPSA) is 85.4 Å². The van der Waals surface area contributed by atoms with Gasteiger partial charge in [0.2, 0.25) is 11.0 Å². The molecule has 0 saturated carbocycles. The maximum absolute atomic E-state index is 12.1. The Morgan fingerprint density at radius 2 is 1.90 bits per heavy atom. The van der Waals surface area contributed by atoms with Crippen molar-refractivity contribution in [3.05, 3.63) is 54.1 Å². The second kappa shape index (κ2) is 9.62. The summed E-state index contributed by atoms with van der Waals surface area (Å²) in [7, 11) is 0. The van der Waals surface area contributed by atoms with Crippen molar-refractivity contribution in [2.75, 3.05) is 30.8 Å². The van der Waals surface area contributed by atoms with Gasteiger partial charge in [-0.3, -0.25) is 4.79 Å². The lowest BCUT2D eigenvalue weighted by Gasteiger charge is -2.18. The molecule has 9 heteroatoms. The molecule has 4 rings (SSSR count). The fourth-order valence-corrected chi connectivity index (χ4v) is 4.33. The molecule has 1 aromatic heterocycles. The van der Waals surface area contributed by atoms with Crippen molar-refractivity contribution in [1.29, 1.82) is 0 Å². The van der Waals surface area contributed by atoms with E-state index in [1.54, 1.807) is 0 Å². The summed E-state index contributed by atoms with van der Waals surface area (Å²) < 4.78 is 11.9. The molecule has 0 radical (unpaired) electrons. The number of anilines is 2. The van der Waals surface area contributed by atoms with Gasteiger partial charge >= 0.3 is 0 Å². The quantitative estimate of drug-likeness (QED) is 0.531. The van der Waals surface area contributed by atoms with Gasteiger partial charge in [0.15, 0.2) is 15.8 Å². The summed E-state index contributed by atoms with van der Waals surface area (Å²) in [6, 6.07) is 15.7. The van der Waals surface area contributed by atoms with E-state index in [-0.39, 0.29) is 5.91 Å². The predicted octanol–water partition coefficient (Wildman–Crippen LogP) is 3.50. The monoisotopic (exact) mass is 428 g/mol. The summed E-state index contributed by atoms with van der Waals surface area (Å²) in [4.78, 5) is 12.1. The number of carbonyl (C=O) groups excluding carboxylic acids is 1. The highest BCUT2D eigenvalue weighted by Crippen LogP contribution is 2.31. The van der Waals surface area contributed by atoms with Crippen LogP contribution in [0, 0.1) is 0 Å². The normalized spacial score (nSPS) is 12.4. The lowest BCUT2D eigenvalue weighted by Crippen LogP contribution is -2.27. The second-order valence-electron chi connectivity index (χ2n) is 6.23. The number of aromatic nitrogens is 2. The van der Waals surface area contributed by atoms with E-state index in [2.05, 4.69) is 20.8 Å². The van der Waals surface area contributed by atoms with Gasteiger partial charge in [0.25, 0.3) is 0 Å². The maximum Gasteiger partial charge on any atom is 0.230 e. The molecule has 0 bridgehead atoms. The van der Waals surface area contributed by atoms with Crippen molar-refractivity contribution in [1.82, 2.24) is 15.5 Å². The van der Waals surface area contributed by atoms with Gasteiger partial charge in [0.05, 0.1) is 5.75 Å². The average molecular weight is 429 g/mol. The molecule has 0 atom stereocenters. The Morgan fingerprint density at radius 3 is 2.76 bits per heavy atom. The van der Waals surface area contributed by atoms with Gasteiger partial charge in [-0.2, -0.15) is 0 Å². The first-order valence-corrected chi connectivity index (χ1v) is 11.0. The fourth-order valence-electron chi connectivity index (χ4n) is 2.73. The first-order valence-electron chi connectivity index (χ1n) is 9.20. The van der Waals surface area contributed by atoms with Crippen molar-refractivity contribution in [3.63, 3.8) is 0 Å². The van der Waals surface area contributed by atoms with Crippen molar-refractivity contribution in [3.8, 4) is 11.5 Å². The Hall–Kier alpha value is -2.78. The van der Waals surface area contributed by atoms with Crippen LogP contribution in [0.4, 0.5) is 10.8 Å². The molecule has 0 fully saturated rings. The minimum atomic E-state index is -0.0275. The minimum absolute atomic E-state index is 0.0275. The van der Waals surface area contributed by atoms with Crippen LogP contribution in [0.2, 0.25) is 0 Å². The van der Waals surface area contributed by atoms with Crippen LogP contribution < -0.4 is 20.1 Å². The highest BCUT2D eigenvalue weighted by molar-refractivity contribution is 8.01. The lowest BCUT2D eigenvalue weighted by molar-refractivity contribution is -0.118. The van der Waals surface area contributed by atoms with E-state index in [1.807, 2.05) is 48.5 Å². The fraction of sp³-hybridized carbons (Fsp3) is 0.250. The number of hydrogen-bond acceptors (Lipinski definition) is 8. The largest absolute Gasteiger partial charge is 0.486 e. The third-order valence-electron chi connectivity index (χ3n) is 4.10. The van der Waals surface area contributed by atoms with Crippen LogP contribution in [0.25, 0.3) is 0 Å². The second-order valence-corrected chi connectivity index (χ2v) is 8.43. The average Bonchev–Trinajstić information content (AvgIpc) is 3.20.